The van der Waals surface area contributed by atoms with Crippen molar-refractivity contribution in [1.29, 1.82) is 0 Å². The molecule has 0 radical (unpaired) electrons. The maximum atomic E-state index is 11.5. The van der Waals surface area contributed by atoms with Gasteiger partial charge in [-0.2, -0.15) is 0 Å². The Labute approximate surface area is 125 Å². The van der Waals surface area contributed by atoms with Gasteiger partial charge < -0.3 is 10.6 Å². The van der Waals surface area contributed by atoms with Crippen molar-refractivity contribution in [3.05, 3.63) is 33.9 Å². The van der Waals surface area contributed by atoms with Gasteiger partial charge in [0.25, 0.3) is 11.6 Å². The van der Waals surface area contributed by atoms with Gasteiger partial charge in [0, 0.05) is 24.7 Å². The highest BCUT2D eigenvalue weighted by Gasteiger charge is 2.18. The molecule has 1 aromatic rings. The van der Waals surface area contributed by atoms with Crippen molar-refractivity contribution in [1.82, 2.24) is 5.32 Å². The van der Waals surface area contributed by atoms with Crippen molar-refractivity contribution in [3.63, 3.8) is 0 Å². The van der Waals surface area contributed by atoms with Gasteiger partial charge in [-0.3, -0.25) is 14.9 Å². The molecule has 1 rings (SSSR count). The summed E-state index contributed by atoms with van der Waals surface area (Å²) in [5.74, 6) is 0.261. The summed E-state index contributed by atoms with van der Waals surface area (Å²) in [5.41, 5.74) is 0.654. The van der Waals surface area contributed by atoms with E-state index in [1.807, 2.05) is 6.92 Å². The van der Waals surface area contributed by atoms with E-state index < -0.39 is 4.92 Å². The molecule has 0 heterocycles. The number of carbonyl (C=O) groups excluding carboxylic acids is 1. The molecule has 0 aromatic heterocycles. The first-order valence-electron chi connectivity index (χ1n) is 7.12. The number of amides is 1. The van der Waals surface area contributed by atoms with Gasteiger partial charge in [0.1, 0.15) is 5.69 Å². The Morgan fingerprint density at radius 3 is 2.48 bits per heavy atom. The SMILES string of the molecule is CNC(=O)c1ccc(NC(C)CCC(C)C)c([N+](=O)[O-])c1. The smallest absolute Gasteiger partial charge is 0.293 e. The number of benzene rings is 1. The van der Waals surface area contributed by atoms with Gasteiger partial charge in [0.15, 0.2) is 0 Å². The zero-order valence-corrected chi connectivity index (χ0v) is 13.0. The molecule has 0 aliphatic rings. The fourth-order valence-corrected chi connectivity index (χ4v) is 2.01. The molecule has 1 unspecified atom stereocenters. The number of nitrogens with zero attached hydrogens (tertiary/aromatic N) is 1. The molecule has 1 atom stereocenters. The number of anilines is 1. The van der Waals surface area contributed by atoms with Gasteiger partial charge in [-0.05, 0) is 37.8 Å². The third-order valence-corrected chi connectivity index (χ3v) is 3.26. The van der Waals surface area contributed by atoms with Crippen LogP contribution in [0, 0.1) is 16.0 Å². The lowest BCUT2D eigenvalue weighted by atomic mass is 10.0. The van der Waals surface area contributed by atoms with E-state index in [4.69, 9.17) is 0 Å². The maximum Gasteiger partial charge on any atom is 0.293 e. The number of nitro groups is 1. The van der Waals surface area contributed by atoms with Gasteiger partial charge in [-0.25, -0.2) is 0 Å². The second-order valence-corrected chi connectivity index (χ2v) is 5.58. The first kappa shape index (κ1) is 16.9. The summed E-state index contributed by atoms with van der Waals surface area (Å²) < 4.78 is 0. The zero-order valence-electron chi connectivity index (χ0n) is 13.0. The van der Waals surface area contributed by atoms with Crippen LogP contribution in [0.5, 0.6) is 0 Å². The number of nitrogens with one attached hydrogen (secondary N) is 2. The van der Waals surface area contributed by atoms with E-state index in [-0.39, 0.29) is 23.2 Å². The van der Waals surface area contributed by atoms with Crippen molar-refractivity contribution < 1.29 is 9.72 Å². The third kappa shape index (κ3) is 5.06. The molecule has 6 heteroatoms. The number of rotatable bonds is 7. The van der Waals surface area contributed by atoms with Crippen LogP contribution in [0.25, 0.3) is 0 Å². The average molecular weight is 293 g/mol. The maximum absolute atomic E-state index is 11.5. The molecular weight excluding hydrogens is 270 g/mol. The molecule has 21 heavy (non-hydrogen) atoms. The summed E-state index contributed by atoms with van der Waals surface area (Å²) in [6, 6.07) is 4.62. The molecule has 0 spiro atoms. The Bertz CT molecular complexity index is 515. The summed E-state index contributed by atoms with van der Waals surface area (Å²) in [5, 5.41) is 16.8. The van der Waals surface area contributed by atoms with Gasteiger partial charge in [0.05, 0.1) is 4.92 Å². The van der Waals surface area contributed by atoms with Crippen LogP contribution in [-0.4, -0.2) is 23.9 Å². The van der Waals surface area contributed by atoms with Crippen LogP contribution in [0.2, 0.25) is 0 Å². The quantitative estimate of drug-likeness (QED) is 0.597. The molecule has 0 saturated heterocycles. The van der Waals surface area contributed by atoms with Crippen LogP contribution in [-0.2, 0) is 0 Å². The van der Waals surface area contributed by atoms with E-state index in [1.165, 1.54) is 13.1 Å². The minimum atomic E-state index is -0.468. The summed E-state index contributed by atoms with van der Waals surface area (Å²) in [6.45, 7) is 6.29. The fourth-order valence-electron chi connectivity index (χ4n) is 2.01. The van der Waals surface area contributed by atoms with E-state index in [0.29, 0.717) is 11.6 Å². The van der Waals surface area contributed by atoms with E-state index >= 15 is 0 Å². The van der Waals surface area contributed by atoms with E-state index in [1.54, 1.807) is 12.1 Å². The Morgan fingerprint density at radius 2 is 1.95 bits per heavy atom. The van der Waals surface area contributed by atoms with Gasteiger partial charge in [-0.1, -0.05) is 13.8 Å². The minimum absolute atomic E-state index is 0.0764. The van der Waals surface area contributed by atoms with Gasteiger partial charge in [-0.15, -0.1) is 0 Å². The summed E-state index contributed by atoms with van der Waals surface area (Å²) in [7, 11) is 1.49. The lowest BCUT2D eigenvalue weighted by Gasteiger charge is -2.16. The summed E-state index contributed by atoms with van der Waals surface area (Å²) >= 11 is 0. The van der Waals surface area contributed by atoms with Crippen molar-refractivity contribution in [2.75, 3.05) is 12.4 Å². The zero-order chi connectivity index (χ0) is 16.0. The normalized spacial score (nSPS) is 12.0. The Hall–Kier alpha value is -2.11. The van der Waals surface area contributed by atoms with Crippen molar-refractivity contribution in [2.45, 2.75) is 39.7 Å². The Morgan fingerprint density at radius 1 is 1.29 bits per heavy atom. The molecular formula is C15H23N3O3. The van der Waals surface area contributed by atoms with E-state index in [0.717, 1.165) is 12.8 Å². The highest BCUT2D eigenvalue weighted by molar-refractivity contribution is 5.95. The van der Waals surface area contributed by atoms with Crippen molar-refractivity contribution in [3.8, 4) is 0 Å². The second kappa shape index (κ2) is 7.61. The van der Waals surface area contributed by atoms with Crippen LogP contribution >= 0.6 is 0 Å². The summed E-state index contributed by atoms with van der Waals surface area (Å²) in [6.07, 6.45) is 1.99. The van der Waals surface area contributed by atoms with Gasteiger partial charge >= 0.3 is 0 Å². The van der Waals surface area contributed by atoms with Crippen LogP contribution in [0.3, 0.4) is 0 Å². The van der Waals surface area contributed by atoms with Crippen LogP contribution < -0.4 is 10.6 Å². The Balaban J connectivity index is 2.91. The van der Waals surface area contributed by atoms with Crippen LogP contribution in [0.4, 0.5) is 11.4 Å². The molecule has 1 aromatic carbocycles. The third-order valence-electron chi connectivity index (χ3n) is 3.26. The number of hydrogen-bond acceptors (Lipinski definition) is 4. The highest BCUT2D eigenvalue weighted by Crippen LogP contribution is 2.27. The predicted octanol–water partition coefficient (Wildman–Crippen LogP) is 3.19. The molecule has 1 amide bonds. The second-order valence-electron chi connectivity index (χ2n) is 5.58. The summed E-state index contributed by atoms with van der Waals surface area (Å²) in [4.78, 5) is 22.2. The molecule has 6 nitrogen and oxygen atoms in total. The Kier molecular flexibility index (Phi) is 6.14. The van der Waals surface area contributed by atoms with Crippen LogP contribution in [0.15, 0.2) is 18.2 Å². The average Bonchev–Trinajstić information content (AvgIpc) is 2.44. The molecule has 116 valence electrons. The number of nitro benzene ring substituents is 1. The first-order valence-corrected chi connectivity index (χ1v) is 7.12. The lowest BCUT2D eigenvalue weighted by molar-refractivity contribution is -0.384. The molecule has 0 aliphatic carbocycles. The fraction of sp³-hybridized carbons (Fsp3) is 0.533. The lowest BCUT2D eigenvalue weighted by Crippen LogP contribution is -2.19. The van der Waals surface area contributed by atoms with E-state index in [2.05, 4.69) is 24.5 Å². The van der Waals surface area contributed by atoms with Crippen molar-refractivity contribution >= 4 is 17.3 Å². The van der Waals surface area contributed by atoms with E-state index in [9.17, 15) is 14.9 Å². The van der Waals surface area contributed by atoms with Gasteiger partial charge in [0.2, 0.25) is 0 Å². The number of hydrogen-bond donors (Lipinski definition) is 2. The predicted molar refractivity (Wildman–Crippen MR) is 83.6 cm³/mol. The topological polar surface area (TPSA) is 84.3 Å². The largest absolute Gasteiger partial charge is 0.377 e. The molecule has 0 aliphatic heterocycles. The standard InChI is InChI=1S/C15H23N3O3/c1-10(2)5-6-11(3)17-13-8-7-12(15(19)16-4)9-14(13)18(20)21/h7-11,17H,5-6H2,1-4H3,(H,16,19). The monoisotopic (exact) mass is 293 g/mol. The highest BCUT2D eigenvalue weighted by atomic mass is 16.6. The molecule has 0 saturated carbocycles. The number of carbonyl (C=O) groups is 1. The van der Waals surface area contributed by atoms with Crippen molar-refractivity contribution in [2.24, 2.45) is 5.92 Å². The minimum Gasteiger partial charge on any atom is -0.377 e. The molecule has 0 bridgehead atoms. The molecule has 0 fully saturated rings. The molecule has 2 N–H and O–H groups in total. The van der Waals surface area contributed by atoms with Crippen LogP contribution in [0.1, 0.15) is 44.0 Å². The first-order chi connectivity index (χ1) is 9.85.